The molecule has 0 heterocycles. The van der Waals surface area contributed by atoms with E-state index in [9.17, 15) is 9.59 Å². The van der Waals surface area contributed by atoms with Crippen molar-refractivity contribution in [1.82, 2.24) is 0 Å². The predicted molar refractivity (Wildman–Crippen MR) is 117 cm³/mol. The molecule has 2 aromatic rings. The molecule has 0 radical (unpaired) electrons. The summed E-state index contributed by atoms with van der Waals surface area (Å²) in [6.45, 7) is 0.927. The molecular weight excluding hydrogens is 380 g/mol. The Morgan fingerprint density at radius 1 is 0.733 bits per heavy atom. The van der Waals surface area contributed by atoms with E-state index in [4.69, 9.17) is 14.6 Å². The van der Waals surface area contributed by atoms with Crippen molar-refractivity contribution >= 4 is 11.9 Å². The van der Waals surface area contributed by atoms with Crippen LogP contribution >= 0.6 is 0 Å². The van der Waals surface area contributed by atoms with Gasteiger partial charge in [0, 0.05) is 6.42 Å². The zero-order valence-electron chi connectivity index (χ0n) is 17.6. The molecule has 0 unspecified atom stereocenters. The molecule has 0 aliphatic rings. The first-order valence-electron chi connectivity index (χ1n) is 10.8. The lowest BCUT2D eigenvalue weighted by atomic mass is 10.1. The van der Waals surface area contributed by atoms with E-state index < -0.39 is 5.97 Å². The van der Waals surface area contributed by atoms with E-state index in [1.54, 1.807) is 24.3 Å². The van der Waals surface area contributed by atoms with Gasteiger partial charge >= 0.3 is 11.9 Å². The Bertz CT molecular complexity index is 740. The lowest BCUT2D eigenvalue weighted by Gasteiger charge is -2.08. The molecule has 0 fully saturated rings. The number of carboxylic acid groups (broad SMARTS) is 1. The van der Waals surface area contributed by atoms with Crippen LogP contribution in [0.25, 0.3) is 0 Å². The number of benzene rings is 2. The van der Waals surface area contributed by atoms with E-state index >= 15 is 0 Å². The highest BCUT2D eigenvalue weighted by atomic mass is 16.5. The van der Waals surface area contributed by atoms with Crippen molar-refractivity contribution in [3.8, 4) is 5.75 Å². The highest BCUT2D eigenvalue weighted by Crippen LogP contribution is 2.15. The number of ether oxygens (including phenoxy) is 2. The number of hydrogen-bond acceptors (Lipinski definition) is 4. The van der Waals surface area contributed by atoms with Crippen LogP contribution in [0.3, 0.4) is 0 Å². The third-order valence-electron chi connectivity index (χ3n) is 4.86. The van der Waals surface area contributed by atoms with E-state index in [1.165, 1.54) is 19.3 Å². The SMILES string of the molecule is O=C(O)CCCCCCCCCCOc1ccc(C(=O)OCc2ccccc2)cc1. The summed E-state index contributed by atoms with van der Waals surface area (Å²) in [4.78, 5) is 22.5. The van der Waals surface area contributed by atoms with Gasteiger partial charge in [-0.05, 0) is 42.7 Å². The molecule has 0 bridgehead atoms. The fourth-order valence-corrected chi connectivity index (χ4v) is 3.12. The van der Waals surface area contributed by atoms with Gasteiger partial charge in [-0.1, -0.05) is 68.9 Å². The molecule has 0 saturated heterocycles. The van der Waals surface area contributed by atoms with Gasteiger partial charge in [-0.15, -0.1) is 0 Å². The normalized spacial score (nSPS) is 10.5. The van der Waals surface area contributed by atoms with E-state index in [1.807, 2.05) is 30.3 Å². The molecule has 2 rings (SSSR count). The molecule has 162 valence electrons. The van der Waals surface area contributed by atoms with Crippen molar-refractivity contribution in [2.24, 2.45) is 0 Å². The van der Waals surface area contributed by atoms with Crippen LogP contribution in [-0.2, 0) is 16.1 Å². The Balaban J connectivity index is 1.51. The summed E-state index contributed by atoms with van der Waals surface area (Å²) in [6.07, 6.45) is 8.84. The number of carbonyl (C=O) groups is 2. The van der Waals surface area contributed by atoms with E-state index in [0.29, 0.717) is 12.2 Å². The third-order valence-corrected chi connectivity index (χ3v) is 4.86. The number of esters is 1. The van der Waals surface area contributed by atoms with E-state index in [0.717, 1.165) is 43.4 Å². The summed E-state index contributed by atoms with van der Waals surface area (Å²) in [7, 11) is 0. The second-order valence-corrected chi connectivity index (χ2v) is 7.41. The Kier molecular flexibility index (Phi) is 11.1. The van der Waals surface area contributed by atoms with Crippen molar-refractivity contribution in [1.29, 1.82) is 0 Å². The molecule has 2 aromatic carbocycles. The van der Waals surface area contributed by atoms with Gasteiger partial charge in [0.25, 0.3) is 0 Å². The van der Waals surface area contributed by atoms with Crippen LogP contribution in [0, 0.1) is 0 Å². The van der Waals surface area contributed by atoms with Crippen LogP contribution in [0.15, 0.2) is 54.6 Å². The minimum absolute atomic E-state index is 0.264. The van der Waals surface area contributed by atoms with Crippen molar-refractivity contribution in [2.75, 3.05) is 6.61 Å². The Morgan fingerprint density at radius 3 is 1.97 bits per heavy atom. The van der Waals surface area contributed by atoms with E-state index in [-0.39, 0.29) is 19.0 Å². The highest BCUT2D eigenvalue weighted by Gasteiger charge is 2.07. The lowest BCUT2D eigenvalue weighted by Crippen LogP contribution is -2.05. The lowest BCUT2D eigenvalue weighted by molar-refractivity contribution is -0.137. The molecule has 5 heteroatoms. The zero-order valence-corrected chi connectivity index (χ0v) is 17.6. The van der Waals surface area contributed by atoms with Gasteiger partial charge in [-0.2, -0.15) is 0 Å². The number of hydrogen-bond donors (Lipinski definition) is 1. The van der Waals surface area contributed by atoms with Crippen molar-refractivity contribution in [3.63, 3.8) is 0 Å². The third kappa shape index (κ3) is 10.1. The number of aliphatic carboxylic acids is 1. The van der Waals surface area contributed by atoms with Crippen LogP contribution in [0.5, 0.6) is 5.75 Å². The van der Waals surface area contributed by atoms with E-state index in [2.05, 4.69) is 0 Å². The molecule has 0 spiro atoms. The monoisotopic (exact) mass is 412 g/mol. The van der Waals surface area contributed by atoms with Crippen LogP contribution in [0.4, 0.5) is 0 Å². The first kappa shape index (κ1) is 23.5. The van der Waals surface area contributed by atoms with Gasteiger partial charge in [-0.3, -0.25) is 4.79 Å². The summed E-state index contributed by atoms with van der Waals surface area (Å²) in [5.74, 6) is -0.283. The maximum atomic E-state index is 12.1. The van der Waals surface area contributed by atoms with Crippen molar-refractivity contribution in [2.45, 2.75) is 64.4 Å². The molecular formula is C25H32O5. The smallest absolute Gasteiger partial charge is 0.338 e. The Labute approximate surface area is 179 Å². The number of rotatable bonds is 15. The molecule has 30 heavy (non-hydrogen) atoms. The van der Waals surface area contributed by atoms with Crippen LogP contribution in [0.1, 0.15) is 73.7 Å². The summed E-state index contributed by atoms with van der Waals surface area (Å²) in [5.41, 5.74) is 1.48. The first-order valence-corrected chi connectivity index (χ1v) is 10.8. The Hall–Kier alpha value is -2.82. The standard InChI is InChI=1S/C25H32O5/c26-24(27)14-10-5-3-1-2-4-6-11-19-29-23-17-15-22(16-18-23)25(28)30-20-21-12-8-7-9-13-21/h7-9,12-13,15-18H,1-6,10-11,14,19-20H2,(H,26,27). The maximum absolute atomic E-state index is 12.1. The fraction of sp³-hybridized carbons (Fsp3) is 0.440. The number of carboxylic acids is 1. The number of unbranched alkanes of at least 4 members (excludes halogenated alkanes) is 7. The minimum atomic E-state index is -0.701. The predicted octanol–water partition coefficient (Wildman–Crippen LogP) is 6.02. The average molecular weight is 413 g/mol. The molecule has 0 aliphatic heterocycles. The molecule has 0 saturated carbocycles. The second-order valence-electron chi connectivity index (χ2n) is 7.41. The summed E-state index contributed by atoms with van der Waals surface area (Å²) in [5, 5.41) is 8.59. The molecule has 1 N–H and O–H groups in total. The largest absolute Gasteiger partial charge is 0.494 e. The zero-order chi connectivity index (χ0) is 21.4. The second kappa shape index (κ2) is 14.2. The fourth-order valence-electron chi connectivity index (χ4n) is 3.12. The van der Waals surface area contributed by atoms with Gasteiger partial charge < -0.3 is 14.6 Å². The van der Waals surface area contributed by atoms with Crippen LogP contribution in [-0.4, -0.2) is 23.7 Å². The molecule has 0 aromatic heterocycles. The Morgan fingerprint density at radius 2 is 1.33 bits per heavy atom. The maximum Gasteiger partial charge on any atom is 0.338 e. The van der Waals surface area contributed by atoms with Gasteiger partial charge in [0.2, 0.25) is 0 Å². The topological polar surface area (TPSA) is 72.8 Å². The molecule has 0 amide bonds. The summed E-state index contributed by atoms with van der Waals surface area (Å²) in [6, 6.07) is 16.7. The van der Waals surface area contributed by atoms with Crippen LogP contribution in [0.2, 0.25) is 0 Å². The van der Waals surface area contributed by atoms with Gasteiger partial charge in [-0.25, -0.2) is 4.79 Å². The molecule has 0 aliphatic carbocycles. The average Bonchev–Trinajstić information content (AvgIpc) is 2.76. The summed E-state index contributed by atoms with van der Waals surface area (Å²) < 4.78 is 11.1. The van der Waals surface area contributed by atoms with Gasteiger partial charge in [0.1, 0.15) is 12.4 Å². The van der Waals surface area contributed by atoms with Crippen molar-refractivity contribution in [3.05, 3.63) is 65.7 Å². The molecule has 5 nitrogen and oxygen atoms in total. The number of carbonyl (C=O) groups excluding carboxylic acids is 1. The van der Waals surface area contributed by atoms with Gasteiger partial charge in [0.15, 0.2) is 0 Å². The molecule has 0 atom stereocenters. The van der Waals surface area contributed by atoms with Gasteiger partial charge in [0.05, 0.1) is 12.2 Å². The van der Waals surface area contributed by atoms with Crippen LogP contribution < -0.4 is 4.74 Å². The highest BCUT2D eigenvalue weighted by molar-refractivity contribution is 5.89. The minimum Gasteiger partial charge on any atom is -0.494 e. The van der Waals surface area contributed by atoms with Crippen molar-refractivity contribution < 1.29 is 24.2 Å². The first-order chi connectivity index (χ1) is 14.6. The summed E-state index contributed by atoms with van der Waals surface area (Å²) >= 11 is 0. The quantitative estimate of drug-likeness (QED) is 0.286.